The van der Waals surface area contributed by atoms with Gasteiger partial charge in [-0.15, -0.1) is 0 Å². The summed E-state index contributed by atoms with van der Waals surface area (Å²) in [7, 11) is 0. The van der Waals surface area contributed by atoms with Crippen molar-refractivity contribution in [2.24, 2.45) is 17.8 Å². The Morgan fingerprint density at radius 1 is 1.15 bits per heavy atom. The summed E-state index contributed by atoms with van der Waals surface area (Å²) in [5, 5.41) is 6.96. The van der Waals surface area contributed by atoms with Gasteiger partial charge in [-0.1, -0.05) is 12.1 Å². The van der Waals surface area contributed by atoms with Gasteiger partial charge in [0.25, 0.3) is 5.91 Å². The quantitative estimate of drug-likeness (QED) is 0.800. The lowest BCUT2D eigenvalue weighted by molar-refractivity contribution is -0.146. The Morgan fingerprint density at radius 2 is 2.00 bits per heavy atom. The Labute approximate surface area is 160 Å². The number of carbonyl (C=O) groups excluding carboxylic acids is 2. The van der Waals surface area contributed by atoms with Gasteiger partial charge in [-0.2, -0.15) is 0 Å². The first-order valence-electron chi connectivity index (χ1n) is 10.6. The number of hydrogen-bond acceptors (Lipinski definition) is 3. The summed E-state index contributed by atoms with van der Waals surface area (Å²) in [6.45, 7) is 3.11. The van der Waals surface area contributed by atoms with E-state index >= 15 is 0 Å². The van der Waals surface area contributed by atoms with Crippen molar-refractivity contribution in [3.63, 3.8) is 0 Å². The van der Waals surface area contributed by atoms with Gasteiger partial charge in [0.2, 0.25) is 5.91 Å². The van der Waals surface area contributed by atoms with Crippen LogP contribution in [0.2, 0.25) is 0 Å². The molecule has 1 aromatic rings. The molecular weight excluding hydrogens is 338 g/mol. The van der Waals surface area contributed by atoms with E-state index in [0.717, 1.165) is 56.3 Å². The summed E-state index contributed by atoms with van der Waals surface area (Å²) < 4.78 is 0. The van der Waals surface area contributed by atoms with E-state index in [-0.39, 0.29) is 17.5 Å². The van der Waals surface area contributed by atoms with E-state index in [2.05, 4.69) is 22.5 Å². The largest absolute Gasteiger partial charge is 0.362 e. The molecule has 2 bridgehead atoms. The zero-order valence-electron chi connectivity index (χ0n) is 16.0. The molecule has 0 aromatic heterocycles. The molecule has 1 saturated heterocycles. The number of nitrogens with zero attached hydrogens (tertiary/aromatic N) is 1. The van der Waals surface area contributed by atoms with Gasteiger partial charge >= 0.3 is 0 Å². The van der Waals surface area contributed by atoms with Crippen LogP contribution in [0.4, 0.5) is 5.69 Å². The van der Waals surface area contributed by atoms with Gasteiger partial charge in [0.05, 0.1) is 5.56 Å². The summed E-state index contributed by atoms with van der Waals surface area (Å²) in [6, 6.07) is 8.12. The molecule has 2 N–H and O–H groups in total. The lowest BCUT2D eigenvalue weighted by atomic mass is 9.58. The zero-order chi connectivity index (χ0) is 18.6. The van der Waals surface area contributed by atoms with Crippen molar-refractivity contribution in [2.75, 3.05) is 11.9 Å². The highest BCUT2D eigenvalue weighted by molar-refractivity contribution is 6.02. The second-order valence-corrected chi connectivity index (χ2v) is 9.05. The van der Waals surface area contributed by atoms with Crippen LogP contribution < -0.4 is 10.6 Å². The second kappa shape index (κ2) is 6.25. The van der Waals surface area contributed by atoms with Crippen LogP contribution in [-0.2, 0) is 4.79 Å². The number of para-hydroxylation sites is 1. The van der Waals surface area contributed by atoms with E-state index in [9.17, 15) is 9.59 Å². The Morgan fingerprint density at radius 3 is 2.78 bits per heavy atom. The third kappa shape index (κ3) is 2.66. The van der Waals surface area contributed by atoms with Crippen molar-refractivity contribution in [2.45, 2.75) is 63.6 Å². The molecule has 27 heavy (non-hydrogen) atoms. The van der Waals surface area contributed by atoms with E-state index in [4.69, 9.17) is 0 Å². The van der Waals surface area contributed by atoms with E-state index in [1.54, 1.807) is 0 Å². The number of nitrogens with one attached hydrogen (secondary N) is 2. The van der Waals surface area contributed by atoms with Crippen molar-refractivity contribution < 1.29 is 9.59 Å². The number of piperidine rings is 1. The van der Waals surface area contributed by atoms with E-state index in [1.807, 2.05) is 24.3 Å². The first-order chi connectivity index (χ1) is 13.1. The fourth-order valence-electron chi connectivity index (χ4n) is 6.08. The number of fused-ring (bicyclic) bond motifs is 3. The predicted octanol–water partition coefficient (Wildman–Crippen LogP) is 3.38. The van der Waals surface area contributed by atoms with Crippen molar-refractivity contribution in [3.8, 4) is 0 Å². The Kier molecular flexibility index (Phi) is 3.95. The lowest BCUT2D eigenvalue weighted by Gasteiger charge is -2.57. The standard InChI is InChI=1S/C22H29N3O2/c1-14-6-4-5-11-25(14)21(27)18-12-16-10-9-15(18)13-22(16)23-19-8-3-2-7-17(19)20(26)24-22/h2-3,7-8,14-16,18,23H,4-6,9-13H2,1H3,(H,24,26)/t14-,15+,16-,18-,22-/m1/s1. The topological polar surface area (TPSA) is 61.4 Å². The summed E-state index contributed by atoms with van der Waals surface area (Å²) in [5.41, 5.74) is 1.28. The van der Waals surface area contributed by atoms with Crippen LogP contribution in [0.5, 0.6) is 0 Å². The number of carbonyl (C=O) groups is 2. The summed E-state index contributed by atoms with van der Waals surface area (Å²) >= 11 is 0. The number of amides is 2. The van der Waals surface area contributed by atoms with Crippen LogP contribution in [-0.4, -0.2) is 35.0 Å². The maximum Gasteiger partial charge on any atom is 0.255 e. The van der Waals surface area contributed by atoms with Crippen LogP contribution in [0.1, 0.15) is 62.2 Å². The molecule has 3 aliphatic carbocycles. The van der Waals surface area contributed by atoms with Gasteiger partial charge in [0, 0.05) is 30.1 Å². The molecule has 6 rings (SSSR count). The van der Waals surface area contributed by atoms with Crippen molar-refractivity contribution in [1.82, 2.24) is 10.2 Å². The minimum absolute atomic E-state index is 0.0180. The van der Waals surface area contributed by atoms with Gasteiger partial charge in [-0.25, -0.2) is 0 Å². The third-order valence-corrected chi connectivity index (χ3v) is 7.54. The Bertz CT molecular complexity index is 779. The molecule has 5 aliphatic rings. The third-order valence-electron chi connectivity index (χ3n) is 7.54. The van der Waals surface area contributed by atoms with Crippen molar-refractivity contribution in [3.05, 3.63) is 29.8 Å². The summed E-state index contributed by atoms with van der Waals surface area (Å²) in [4.78, 5) is 28.2. The minimum atomic E-state index is -0.376. The summed E-state index contributed by atoms with van der Waals surface area (Å²) in [6.07, 6.45) is 7.43. The number of benzene rings is 1. The van der Waals surface area contributed by atoms with Crippen LogP contribution in [0.3, 0.4) is 0 Å². The van der Waals surface area contributed by atoms with Gasteiger partial charge < -0.3 is 15.5 Å². The molecule has 2 amide bonds. The van der Waals surface area contributed by atoms with Gasteiger partial charge in [0.1, 0.15) is 5.66 Å². The highest BCUT2D eigenvalue weighted by atomic mass is 16.2. The Hall–Kier alpha value is -2.04. The van der Waals surface area contributed by atoms with Gasteiger partial charge in [-0.05, 0) is 69.9 Å². The van der Waals surface area contributed by atoms with Crippen LogP contribution in [0.15, 0.2) is 24.3 Å². The molecule has 0 radical (unpaired) electrons. The molecule has 4 fully saturated rings. The molecule has 1 spiro atoms. The maximum atomic E-state index is 13.3. The molecular formula is C22H29N3O2. The monoisotopic (exact) mass is 367 g/mol. The maximum absolute atomic E-state index is 13.3. The zero-order valence-corrected chi connectivity index (χ0v) is 16.0. The van der Waals surface area contributed by atoms with E-state index in [1.165, 1.54) is 6.42 Å². The van der Waals surface area contributed by atoms with Crippen LogP contribution in [0, 0.1) is 17.8 Å². The average Bonchev–Trinajstić information content (AvgIpc) is 2.68. The number of anilines is 1. The van der Waals surface area contributed by atoms with Gasteiger partial charge in [-0.3, -0.25) is 9.59 Å². The molecule has 5 heteroatoms. The van der Waals surface area contributed by atoms with E-state index in [0.29, 0.717) is 23.8 Å². The smallest absolute Gasteiger partial charge is 0.255 e. The number of rotatable bonds is 1. The molecule has 3 saturated carbocycles. The SMILES string of the molecule is C[C@@H]1CCCCN1C(=O)[C@@H]1C[C@H]2CC[C@H]1C[C@@]21NC(=O)c2ccccc2N1. The molecule has 2 heterocycles. The first kappa shape index (κ1) is 17.1. The molecule has 144 valence electrons. The fourth-order valence-corrected chi connectivity index (χ4v) is 6.08. The van der Waals surface area contributed by atoms with Crippen molar-refractivity contribution in [1.29, 1.82) is 0 Å². The fraction of sp³-hybridized carbons (Fsp3) is 0.636. The van der Waals surface area contributed by atoms with Crippen LogP contribution >= 0.6 is 0 Å². The molecule has 2 aliphatic heterocycles. The normalized spacial score (nSPS) is 37.5. The molecule has 0 unspecified atom stereocenters. The molecule has 5 atom stereocenters. The first-order valence-corrected chi connectivity index (χ1v) is 10.6. The average molecular weight is 367 g/mol. The highest BCUT2D eigenvalue weighted by Gasteiger charge is 2.55. The highest BCUT2D eigenvalue weighted by Crippen LogP contribution is 2.52. The second-order valence-electron chi connectivity index (χ2n) is 9.05. The summed E-state index contributed by atoms with van der Waals surface area (Å²) in [5.74, 6) is 1.19. The predicted molar refractivity (Wildman–Crippen MR) is 104 cm³/mol. The van der Waals surface area contributed by atoms with E-state index < -0.39 is 0 Å². The van der Waals surface area contributed by atoms with Gasteiger partial charge in [0.15, 0.2) is 0 Å². The molecule has 5 nitrogen and oxygen atoms in total. The van der Waals surface area contributed by atoms with Crippen molar-refractivity contribution >= 4 is 17.5 Å². The Balaban J connectivity index is 1.38. The number of hydrogen-bond donors (Lipinski definition) is 2. The van der Waals surface area contributed by atoms with Crippen LogP contribution in [0.25, 0.3) is 0 Å². The minimum Gasteiger partial charge on any atom is -0.362 e. The number of likely N-dealkylation sites (tertiary alicyclic amines) is 1. The lowest BCUT2D eigenvalue weighted by Crippen LogP contribution is -2.68. The molecule has 1 aromatic carbocycles.